The van der Waals surface area contributed by atoms with Gasteiger partial charge in [-0.15, -0.1) is 0 Å². The Hall–Kier alpha value is -3.69. The average molecular weight is 849 g/mol. The first kappa shape index (κ1) is 65.4. The molecule has 0 unspecified atom stereocenters. The highest BCUT2D eigenvalue weighted by Gasteiger charge is 2.14. The number of nitrogens with two attached hydrogens (primary N) is 4. The summed E-state index contributed by atoms with van der Waals surface area (Å²) in [7, 11) is 3.27. The van der Waals surface area contributed by atoms with Gasteiger partial charge in [0, 0.05) is 120 Å². The maximum atomic E-state index is 10.8. The number of likely N-dealkylation sites (tertiary alicyclic amines) is 1. The second-order valence-electron chi connectivity index (χ2n) is 14.6. The number of benzene rings is 1. The molecule has 0 atom stereocenters. The van der Waals surface area contributed by atoms with Crippen molar-refractivity contribution < 1.29 is 14.3 Å². The van der Waals surface area contributed by atoms with E-state index in [2.05, 4.69) is 102 Å². The van der Waals surface area contributed by atoms with Gasteiger partial charge in [0.25, 0.3) is 0 Å². The molecule has 13 nitrogen and oxygen atoms in total. The molecule has 1 aromatic carbocycles. The van der Waals surface area contributed by atoms with Crippen LogP contribution in [0.15, 0.2) is 85.6 Å². The number of Topliss-reactive ketones (excluding diaryl/α,β-unsaturated/α-hetero) is 1. The van der Waals surface area contributed by atoms with E-state index < -0.39 is 0 Å². The summed E-state index contributed by atoms with van der Waals surface area (Å²) >= 11 is 0. The number of piperidine rings is 1. The van der Waals surface area contributed by atoms with Crippen LogP contribution in [0.4, 0.5) is 0 Å². The molecule has 13 N–H and O–H groups in total. The number of ketones is 1. The second-order valence-corrected chi connectivity index (χ2v) is 14.6. The number of rotatable bonds is 24. The molecule has 0 saturated carbocycles. The molecule has 0 bridgehead atoms. The zero-order valence-electron chi connectivity index (χ0n) is 39.2. The van der Waals surface area contributed by atoms with Gasteiger partial charge in [-0.2, -0.15) is 0 Å². The van der Waals surface area contributed by atoms with Gasteiger partial charge in [-0.1, -0.05) is 91.3 Å². The summed E-state index contributed by atoms with van der Waals surface area (Å²) in [5.41, 5.74) is 28.8. The van der Waals surface area contributed by atoms with Crippen LogP contribution in [-0.2, 0) is 27.4 Å². The highest BCUT2D eigenvalue weighted by molar-refractivity contribution is 5.79. The van der Waals surface area contributed by atoms with E-state index in [1.54, 1.807) is 14.2 Å². The fraction of sp³-hybridized carbons (Fsp3) is 0.638. The van der Waals surface area contributed by atoms with Crippen LogP contribution in [0.5, 0.6) is 0 Å². The molecular formula is C47H96N10O3. The lowest BCUT2D eigenvalue weighted by molar-refractivity contribution is -0.121. The van der Waals surface area contributed by atoms with Gasteiger partial charge >= 0.3 is 0 Å². The number of hydrogen-bond acceptors (Lipinski definition) is 13. The summed E-state index contributed by atoms with van der Waals surface area (Å²) in [5, 5.41) is 15.6. The zero-order chi connectivity index (χ0) is 45.9. The Balaban J connectivity index is -0.000000203. The number of carbonyl (C=O) groups is 1. The molecule has 1 fully saturated rings. The zero-order valence-corrected chi connectivity index (χ0v) is 39.2. The number of hydrogen-bond donors (Lipinski definition) is 9. The minimum Gasteiger partial charge on any atom is -0.389 e. The number of allylic oxidation sites excluding steroid dienone is 5. The minimum atomic E-state index is -0.123. The van der Waals surface area contributed by atoms with Crippen molar-refractivity contribution in [3.63, 3.8) is 0 Å². The molecule has 13 heteroatoms. The predicted octanol–water partition coefficient (Wildman–Crippen LogP) is 6.35. The molecule has 0 radical (unpaired) electrons. The van der Waals surface area contributed by atoms with E-state index in [1.807, 2.05) is 34.6 Å². The quantitative estimate of drug-likeness (QED) is 0.0412. The first-order chi connectivity index (χ1) is 27.9. The van der Waals surface area contributed by atoms with E-state index in [0.29, 0.717) is 37.8 Å². The van der Waals surface area contributed by atoms with Gasteiger partial charge in [0.15, 0.2) is 6.29 Å². The van der Waals surface area contributed by atoms with Crippen molar-refractivity contribution in [2.24, 2.45) is 22.9 Å². The third kappa shape index (κ3) is 54.3. The van der Waals surface area contributed by atoms with Crippen LogP contribution >= 0.6 is 0 Å². The lowest BCUT2D eigenvalue weighted by Crippen LogP contribution is -2.33. The smallest absolute Gasteiger partial charge is 0.169 e. The molecule has 1 saturated heterocycles. The van der Waals surface area contributed by atoms with Crippen LogP contribution in [0.1, 0.15) is 112 Å². The highest BCUT2D eigenvalue weighted by atomic mass is 16.7. The van der Waals surface area contributed by atoms with Gasteiger partial charge in [0.2, 0.25) is 0 Å². The predicted molar refractivity (Wildman–Crippen MR) is 263 cm³/mol. The number of nitrogens with zero attached hydrogens (tertiary/aromatic N) is 1. The van der Waals surface area contributed by atoms with Crippen molar-refractivity contribution in [2.45, 2.75) is 126 Å². The summed E-state index contributed by atoms with van der Waals surface area (Å²) < 4.78 is 9.93. The summed E-state index contributed by atoms with van der Waals surface area (Å²) in [6.45, 7) is 41.6. The molecule has 0 aromatic heterocycles. The van der Waals surface area contributed by atoms with E-state index in [1.165, 1.54) is 30.4 Å². The monoisotopic (exact) mass is 849 g/mol. The standard InChI is InChI=1S/C11H16N2.C9H20N2.C8H13NO.C7H17NO2.C6H14N2.C5H12N2.CH4/c1-9(2)13-8-11-5-3-10(7-12)4-6-11;1-9(2)11-8-6-4-3-5-7-10;1-7(2)9-5-3-8(10)4-6-9;1-6(2)8-5-7(9-3)10-4;1-6(2)8-5-3-4-7;1-5(2)7-4-3-6;/h3-6,13H,1,7-8,12H2,2H3;11H,1,3-8,10H2,2H3;1,3-6H2,2H3;6-8H,5H2,1-4H3;8H,1,3-5,7H2,2H3;7H,1,3-4,6H2,2H3;1H4. The number of methoxy groups -OCH3 is 2. The molecule has 352 valence electrons. The van der Waals surface area contributed by atoms with Crippen molar-refractivity contribution in [3.05, 3.63) is 96.8 Å². The van der Waals surface area contributed by atoms with Crippen LogP contribution in [0.3, 0.4) is 0 Å². The Labute approximate surface area is 369 Å². The number of ether oxygens (including phenoxy) is 2. The molecule has 1 aromatic rings. The normalized spacial score (nSPS) is 11.1. The third-order valence-corrected chi connectivity index (χ3v) is 7.87. The average Bonchev–Trinajstić information content (AvgIpc) is 3.19. The van der Waals surface area contributed by atoms with Crippen LogP contribution in [-0.4, -0.2) is 96.1 Å². The maximum Gasteiger partial charge on any atom is 0.169 e. The van der Waals surface area contributed by atoms with Gasteiger partial charge in [-0.25, -0.2) is 0 Å². The Bertz CT molecular complexity index is 1180. The van der Waals surface area contributed by atoms with Crippen molar-refractivity contribution >= 4 is 5.78 Å². The Morgan fingerprint density at radius 3 is 1.45 bits per heavy atom. The van der Waals surface area contributed by atoms with E-state index in [-0.39, 0.29) is 13.7 Å². The van der Waals surface area contributed by atoms with Gasteiger partial charge < -0.3 is 63.9 Å². The third-order valence-electron chi connectivity index (χ3n) is 7.87. The van der Waals surface area contributed by atoms with Crippen LogP contribution in [0, 0.1) is 0 Å². The number of unbranched alkanes of at least 4 members (excludes halogenated alkanes) is 3. The molecular weight excluding hydrogens is 753 g/mol. The van der Waals surface area contributed by atoms with Crippen LogP contribution < -0.4 is 49.5 Å². The van der Waals surface area contributed by atoms with E-state index >= 15 is 0 Å². The Morgan fingerprint density at radius 1 is 0.650 bits per heavy atom. The molecule has 2 rings (SSSR count). The van der Waals surface area contributed by atoms with Gasteiger partial charge in [-0.05, 0) is 78.1 Å². The van der Waals surface area contributed by atoms with E-state index in [4.69, 9.17) is 32.4 Å². The van der Waals surface area contributed by atoms with Crippen molar-refractivity contribution in [3.8, 4) is 0 Å². The number of nitrogens with one attached hydrogen (secondary N) is 5. The van der Waals surface area contributed by atoms with Gasteiger partial charge in [0.05, 0.1) is 0 Å². The van der Waals surface area contributed by atoms with Crippen molar-refractivity contribution in [1.29, 1.82) is 0 Å². The molecule has 0 spiro atoms. The maximum absolute atomic E-state index is 10.8. The first-order valence-electron chi connectivity index (χ1n) is 21.1. The Kier molecular flexibility index (Phi) is 52.3. The van der Waals surface area contributed by atoms with Crippen LogP contribution in [0.2, 0.25) is 0 Å². The largest absolute Gasteiger partial charge is 0.389 e. The SMILES string of the molecule is C.C=C(C)N1CCC(=O)CC1.C=C(C)NCCCCCCN.C=C(C)NCCCN.C=C(C)NCCN.C=C(C)NCc1ccc(CN)cc1.COC(CNC(C)C)OC. The van der Waals surface area contributed by atoms with E-state index in [0.717, 1.165) is 100 Å². The van der Waals surface area contributed by atoms with Gasteiger partial charge in [0.1, 0.15) is 5.78 Å². The summed E-state index contributed by atoms with van der Waals surface area (Å²) in [6, 6.07) is 8.74. The lowest BCUT2D eigenvalue weighted by atomic mass is 10.1. The fourth-order valence-electron chi connectivity index (χ4n) is 4.39. The summed E-state index contributed by atoms with van der Waals surface area (Å²) in [6.07, 6.45) is 7.22. The first-order valence-corrected chi connectivity index (χ1v) is 21.1. The van der Waals surface area contributed by atoms with Gasteiger partial charge in [-0.3, -0.25) is 4.79 Å². The fourth-order valence-corrected chi connectivity index (χ4v) is 4.39. The molecule has 0 amide bonds. The molecule has 1 aliphatic rings. The molecule has 1 heterocycles. The summed E-state index contributed by atoms with van der Waals surface area (Å²) in [5.74, 6) is 0.387. The highest BCUT2D eigenvalue weighted by Crippen LogP contribution is 2.10. The lowest BCUT2D eigenvalue weighted by Gasteiger charge is -2.27. The van der Waals surface area contributed by atoms with Crippen molar-refractivity contribution in [2.75, 3.05) is 73.1 Å². The second kappa shape index (κ2) is 48.0. The molecule has 0 aliphatic carbocycles. The van der Waals surface area contributed by atoms with E-state index in [9.17, 15) is 4.79 Å². The summed E-state index contributed by atoms with van der Waals surface area (Å²) in [4.78, 5) is 12.9. The number of carbonyl (C=O) groups excluding carboxylic acids is 1. The topological polar surface area (TPSA) is 203 Å². The Morgan fingerprint density at radius 2 is 1.08 bits per heavy atom. The van der Waals surface area contributed by atoms with Crippen LogP contribution in [0.25, 0.3) is 0 Å². The molecule has 1 aliphatic heterocycles. The minimum absolute atomic E-state index is 0. The van der Waals surface area contributed by atoms with Crippen molar-refractivity contribution in [1.82, 2.24) is 31.5 Å². The molecule has 60 heavy (non-hydrogen) atoms.